The van der Waals surface area contributed by atoms with E-state index in [-0.39, 0.29) is 12.5 Å². The lowest BCUT2D eigenvalue weighted by Gasteiger charge is -2.33. The number of methoxy groups -OCH3 is 1. The largest absolute Gasteiger partial charge is 0.475 e. The molecule has 6 heteroatoms. The van der Waals surface area contributed by atoms with Gasteiger partial charge in [0.2, 0.25) is 6.10 Å². The summed E-state index contributed by atoms with van der Waals surface area (Å²) in [5.41, 5.74) is 1.10. The molecule has 2 aromatic rings. The van der Waals surface area contributed by atoms with Gasteiger partial charge in [0.15, 0.2) is 0 Å². The van der Waals surface area contributed by atoms with Crippen LogP contribution in [-0.2, 0) is 9.53 Å². The van der Waals surface area contributed by atoms with Gasteiger partial charge in [0.05, 0.1) is 19.3 Å². The van der Waals surface area contributed by atoms with E-state index in [9.17, 15) is 9.59 Å². The maximum Gasteiger partial charge on any atom is 0.348 e. The minimum Gasteiger partial charge on any atom is -0.475 e. The topological polar surface area (TPSA) is 55.8 Å². The summed E-state index contributed by atoms with van der Waals surface area (Å²) in [7, 11) is 1.29. The van der Waals surface area contributed by atoms with Crippen LogP contribution in [0.2, 0.25) is 5.02 Å². The van der Waals surface area contributed by atoms with E-state index in [1.165, 1.54) is 12.0 Å². The average Bonchev–Trinajstić information content (AvgIpc) is 2.60. The molecular formula is C17H14ClNO4. The molecule has 0 saturated heterocycles. The fourth-order valence-corrected chi connectivity index (χ4v) is 2.56. The molecule has 1 heterocycles. The molecule has 5 nitrogen and oxygen atoms in total. The number of esters is 1. The maximum atomic E-state index is 12.8. The summed E-state index contributed by atoms with van der Waals surface area (Å²) in [6.07, 6.45) is -0.855. The Hall–Kier alpha value is -2.53. The number of nitrogens with zero attached hydrogens (tertiary/aromatic N) is 1. The van der Waals surface area contributed by atoms with Crippen LogP contribution in [-0.4, -0.2) is 31.6 Å². The maximum absolute atomic E-state index is 12.8. The summed E-state index contributed by atoms with van der Waals surface area (Å²) in [4.78, 5) is 26.1. The highest BCUT2D eigenvalue weighted by molar-refractivity contribution is 6.30. The Bertz CT molecular complexity index is 745. The Morgan fingerprint density at radius 1 is 1.17 bits per heavy atom. The number of rotatable bonds is 2. The molecule has 1 aliphatic rings. The number of carbonyl (C=O) groups excluding carboxylic acids is 2. The summed E-state index contributed by atoms with van der Waals surface area (Å²) >= 11 is 5.86. The van der Waals surface area contributed by atoms with Crippen molar-refractivity contribution in [3.05, 3.63) is 59.1 Å². The molecule has 1 atom stereocenters. The quantitative estimate of drug-likeness (QED) is 0.794. The molecule has 0 N–H and O–H groups in total. The predicted octanol–water partition coefficient (Wildman–Crippen LogP) is 2.92. The Labute approximate surface area is 138 Å². The van der Waals surface area contributed by atoms with E-state index in [0.29, 0.717) is 22.0 Å². The van der Waals surface area contributed by atoms with Crippen molar-refractivity contribution in [1.82, 2.24) is 0 Å². The van der Waals surface area contributed by atoms with Gasteiger partial charge in [-0.1, -0.05) is 23.7 Å². The smallest absolute Gasteiger partial charge is 0.348 e. The molecule has 0 saturated carbocycles. The first-order valence-corrected chi connectivity index (χ1v) is 7.39. The van der Waals surface area contributed by atoms with E-state index in [2.05, 4.69) is 0 Å². The number of amides is 1. The molecule has 0 aliphatic carbocycles. The van der Waals surface area contributed by atoms with Crippen molar-refractivity contribution < 1.29 is 19.1 Å². The highest BCUT2D eigenvalue weighted by Crippen LogP contribution is 2.34. The predicted molar refractivity (Wildman–Crippen MR) is 86.0 cm³/mol. The molecule has 3 rings (SSSR count). The molecule has 0 fully saturated rings. The van der Waals surface area contributed by atoms with Gasteiger partial charge in [0.25, 0.3) is 5.91 Å². The molecule has 1 aliphatic heterocycles. The summed E-state index contributed by atoms with van der Waals surface area (Å²) in [6.45, 7) is 0.0884. The third-order valence-corrected chi connectivity index (χ3v) is 3.83. The van der Waals surface area contributed by atoms with Gasteiger partial charge in [-0.15, -0.1) is 0 Å². The van der Waals surface area contributed by atoms with E-state index < -0.39 is 12.1 Å². The van der Waals surface area contributed by atoms with Crippen molar-refractivity contribution in [2.75, 3.05) is 18.6 Å². The zero-order chi connectivity index (χ0) is 16.4. The molecule has 118 valence electrons. The van der Waals surface area contributed by atoms with Crippen LogP contribution < -0.4 is 9.64 Å². The molecule has 0 spiro atoms. The van der Waals surface area contributed by atoms with Crippen LogP contribution in [0, 0.1) is 0 Å². The Morgan fingerprint density at radius 2 is 1.87 bits per heavy atom. The molecule has 0 aromatic heterocycles. The van der Waals surface area contributed by atoms with E-state index in [0.717, 1.165) is 0 Å². The monoisotopic (exact) mass is 331 g/mol. The van der Waals surface area contributed by atoms with Crippen LogP contribution in [0.3, 0.4) is 0 Å². The number of carbonyl (C=O) groups is 2. The molecule has 2 aromatic carbocycles. The summed E-state index contributed by atoms with van der Waals surface area (Å²) in [6, 6.07) is 13.7. The highest BCUT2D eigenvalue weighted by atomic mass is 35.5. The van der Waals surface area contributed by atoms with Crippen LogP contribution in [0.5, 0.6) is 5.75 Å². The lowest BCUT2D eigenvalue weighted by molar-refractivity contribution is -0.148. The molecule has 0 bridgehead atoms. The highest BCUT2D eigenvalue weighted by Gasteiger charge is 2.34. The van der Waals surface area contributed by atoms with E-state index in [1.807, 2.05) is 6.07 Å². The molecule has 23 heavy (non-hydrogen) atoms. The van der Waals surface area contributed by atoms with Gasteiger partial charge >= 0.3 is 5.97 Å². The number of ether oxygens (including phenoxy) is 2. The van der Waals surface area contributed by atoms with Gasteiger partial charge in [0.1, 0.15) is 5.75 Å². The van der Waals surface area contributed by atoms with Crippen LogP contribution in [0.25, 0.3) is 0 Å². The van der Waals surface area contributed by atoms with Crippen LogP contribution in [0.4, 0.5) is 5.69 Å². The second-order valence-corrected chi connectivity index (χ2v) is 5.46. The van der Waals surface area contributed by atoms with Crippen molar-refractivity contribution in [2.24, 2.45) is 0 Å². The van der Waals surface area contributed by atoms with E-state index in [1.54, 1.807) is 42.5 Å². The first kappa shape index (κ1) is 15.4. The lowest BCUT2D eigenvalue weighted by Crippen LogP contribution is -2.47. The minimum absolute atomic E-state index is 0.0884. The first-order valence-electron chi connectivity index (χ1n) is 7.01. The average molecular weight is 332 g/mol. The van der Waals surface area contributed by atoms with Gasteiger partial charge in [-0.2, -0.15) is 0 Å². The summed E-state index contributed by atoms with van der Waals surface area (Å²) in [5.74, 6) is -0.281. The second kappa shape index (κ2) is 6.30. The first-order chi connectivity index (χ1) is 11.1. The number of benzene rings is 2. The summed E-state index contributed by atoms with van der Waals surface area (Å²) < 4.78 is 10.4. The number of fused-ring (bicyclic) bond motifs is 1. The van der Waals surface area contributed by atoms with Gasteiger partial charge in [0, 0.05) is 10.6 Å². The summed E-state index contributed by atoms with van der Waals surface area (Å²) in [5, 5.41) is 0.552. The van der Waals surface area contributed by atoms with Crippen LogP contribution >= 0.6 is 11.6 Å². The molecule has 1 amide bonds. The number of hydrogen-bond acceptors (Lipinski definition) is 4. The van der Waals surface area contributed by atoms with Gasteiger partial charge in [-0.25, -0.2) is 4.79 Å². The van der Waals surface area contributed by atoms with Gasteiger partial charge in [-0.05, 0) is 36.4 Å². The molecular weight excluding hydrogens is 318 g/mol. The normalized spacial score (nSPS) is 16.3. The number of para-hydroxylation sites is 2. The van der Waals surface area contributed by atoms with E-state index in [4.69, 9.17) is 21.1 Å². The van der Waals surface area contributed by atoms with Crippen LogP contribution in [0.1, 0.15) is 10.4 Å². The minimum atomic E-state index is -0.855. The van der Waals surface area contributed by atoms with Crippen LogP contribution in [0.15, 0.2) is 48.5 Å². The van der Waals surface area contributed by atoms with Crippen molar-refractivity contribution in [3.8, 4) is 5.75 Å². The van der Waals surface area contributed by atoms with Gasteiger partial charge in [-0.3, -0.25) is 4.79 Å². The zero-order valence-corrected chi connectivity index (χ0v) is 13.1. The Kier molecular flexibility index (Phi) is 4.21. The standard InChI is InChI=1S/C17H14ClNO4/c1-22-17(21)15-10-19(13-4-2-3-5-14(13)23-15)16(20)11-6-8-12(18)9-7-11/h2-9,15H,10H2,1H3. The lowest BCUT2D eigenvalue weighted by atomic mass is 10.1. The number of halogens is 1. The van der Waals surface area contributed by atoms with Gasteiger partial charge < -0.3 is 14.4 Å². The third-order valence-electron chi connectivity index (χ3n) is 3.57. The van der Waals surface area contributed by atoms with Crippen molar-refractivity contribution in [2.45, 2.75) is 6.10 Å². The van der Waals surface area contributed by atoms with Crippen molar-refractivity contribution in [1.29, 1.82) is 0 Å². The Balaban J connectivity index is 1.97. The SMILES string of the molecule is COC(=O)C1CN(C(=O)c2ccc(Cl)cc2)c2ccccc2O1. The van der Waals surface area contributed by atoms with E-state index >= 15 is 0 Å². The third kappa shape index (κ3) is 3.00. The molecule has 1 unspecified atom stereocenters. The number of anilines is 1. The van der Waals surface area contributed by atoms with Crippen molar-refractivity contribution >= 4 is 29.2 Å². The fraction of sp³-hybridized carbons (Fsp3) is 0.176. The zero-order valence-electron chi connectivity index (χ0n) is 12.4. The Morgan fingerprint density at radius 3 is 2.57 bits per heavy atom. The molecule has 0 radical (unpaired) electrons. The van der Waals surface area contributed by atoms with Crippen molar-refractivity contribution in [3.63, 3.8) is 0 Å². The second-order valence-electron chi connectivity index (χ2n) is 5.02. The number of hydrogen-bond donors (Lipinski definition) is 0. The fourth-order valence-electron chi connectivity index (χ4n) is 2.43.